The fraction of sp³-hybridized carbons (Fsp3) is 0.471. The van der Waals surface area contributed by atoms with Crippen molar-refractivity contribution < 1.29 is 4.74 Å². The van der Waals surface area contributed by atoms with Crippen LogP contribution in [0.5, 0.6) is 6.01 Å². The standard InChI is InChI=1S/C17H19ClN4O/c18-14-9-5-4-8-12(14)15-13-10-19-17(20-16(13)22-21-15)23-11-6-2-1-3-7-11/h8-11H,1-7H2,(H,19,20,21,22). The number of rotatable bonds is 3. The highest BCUT2D eigenvalue weighted by molar-refractivity contribution is 6.37. The van der Waals surface area contributed by atoms with Crippen molar-refractivity contribution in [3.05, 3.63) is 29.1 Å². The van der Waals surface area contributed by atoms with Crippen LogP contribution in [0.4, 0.5) is 0 Å². The van der Waals surface area contributed by atoms with Crippen LogP contribution in [0.25, 0.3) is 16.6 Å². The summed E-state index contributed by atoms with van der Waals surface area (Å²) in [4.78, 5) is 8.82. The Morgan fingerprint density at radius 2 is 1.96 bits per heavy atom. The van der Waals surface area contributed by atoms with Gasteiger partial charge in [0.1, 0.15) is 6.10 Å². The van der Waals surface area contributed by atoms with E-state index in [2.05, 4.69) is 26.2 Å². The summed E-state index contributed by atoms with van der Waals surface area (Å²) in [6.45, 7) is 0. The molecule has 1 saturated carbocycles. The second-order valence-corrected chi connectivity index (χ2v) is 6.52. The summed E-state index contributed by atoms with van der Waals surface area (Å²) in [5, 5.41) is 8.97. The molecule has 0 atom stereocenters. The Morgan fingerprint density at radius 1 is 1.13 bits per heavy atom. The van der Waals surface area contributed by atoms with Gasteiger partial charge in [-0.1, -0.05) is 30.2 Å². The Balaban J connectivity index is 1.61. The molecule has 6 heteroatoms. The number of fused-ring (bicyclic) bond motifs is 1. The predicted octanol–water partition coefficient (Wildman–Crippen LogP) is 4.36. The van der Waals surface area contributed by atoms with Gasteiger partial charge in [0.25, 0.3) is 0 Å². The van der Waals surface area contributed by atoms with Crippen molar-refractivity contribution in [2.45, 2.75) is 51.0 Å². The van der Waals surface area contributed by atoms with Gasteiger partial charge < -0.3 is 4.74 Å². The molecular weight excluding hydrogens is 312 g/mol. The van der Waals surface area contributed by atoms with Crippen molar-refractivity contribution in [2.75, 3.05) is 0 Å². The van der Waals surface area contributed by atoms with Crippen LogP contribution >= 0.6 is 11.6 Å². The smallest absolute Gasteiger partial charge is 0.318 e. The molecule has 120 valence electrons. The first kappa shape index (κ1) is 14.7. The van der Waals surface area contributed by atoms with Gasteiger partial charge in [-0.25, -0.2) is 4.98 Å². The molecule has 0 amide bonds. The molecule has 2 aromatic rings. The molecular formula is C17H19ClN4O. The monoisotopic (exact) mass is 330 g/mol. The van der Waals surface area contributed by atoms with Crippen molar-refractivity contribution in [1.29, 1.82) is 0 Å². The first-order chi connectivity index (χ1) is 11.3. The Morgan fingerprint density at radius 3 is 2.78 bits per heavy atom. The van der Waals surface area contributed by atoms with E-state index in [1.807, 2.05) is 6.08 Å². The number of aromatic nitrogens is 4. The van der Waals surface area contributed by atoms with Crippen molar-refractivity contribution >= 4 is 28.2 Å². The number of halogens is 1. The van der Waals surface area contributed by atoms with Gasteiger partial charge in [0.2, 0.25) is 0 Å². The van der Waals surface area contributed by atoms with E-state index in [9.17, 15) is 0 Å². The predicted molar refractivity (Wildman–Crippen MR) is 90.3 cm³/mol. The van der Waals surface area contributed by atoms with Crippen LogP contribution in [0.3, 0.4) is 0 Å². The summed E-state index contributed by atoms with van der Waals surface area (Å²) in [5.74, 6) is 0. The van der Waals surface area contributed by atoms with E-state index in [0.29, 0.717) is 11.7 Å². The van der Waals surface area contributed by atoms with Gasteiger partial charge in [-0.2, -0.15) is 10.1 Å². The van der Waals surface area contributed by atoms with Crippen LogP contribution in [0.15, 0.2) is 23.4 Å². The molecule has 0 aromatic carbocycles. The van der Waals surface area contributed by atoms with Gasteiger partial charge in [0, 0.05) is 16.8 Å². The Kier molecular flexibility index (Phi) is 4.04. The third-order valence-corrected chi connectivity index (χ3v) is 4.84. The number of hydrogen-bond donors (Lipinski definition) is 1. The van der Waals surface area contributed by atoms with Gasteiger partial charge in [0.15, 0.2) is 5.65 Å². The molecule has 2 heterocycles. The van der Waals surface area contributed by atoms with Gasteiger partial charge in [-0.05, 0) is 38.5 Å². The van der Waals surface area contributed by atoms with Crippen molar-refractivity contribution in [3.8, 4) is 6.01 Å². The average molecular weight is 331 g/mol. The maximum atomic E-state index is 6.31. The second kappa shape index (κ2) is 6.32. The molecule has 2 aromatic heterocycles. The lowest BCUT2D eigenvalue weighted by Crippen LogP contribution is -2.20. The molecule has 0 spiro atoms. The highest BCUT2D eigenvalue weighted by Gasteiger charge is 2.19. The van der Waals surface area contributed by atoms with Gasteiger partial charge in [-0.15, -0.1) is 0 Å². The van der Waals surface area contributed by atoms with E-state index in [-0.39, 0.29) is 6.10 Å². The number of nitrogens with zero attached hydrogens (tertiary/aromatic N) is 3. The number of H-pyrrole nitrogens is 1. The summed E-state index contributed by atoms with van der Waals surface area (Å²) in [5.41, 5.74) is 2.48. The van der Waals surface area contributed by atoms with Crippen LogP contribution < -0.4 is 4.74 Å². The number of allylic oxidation sites excluding steroid dienone is 4. The summed E-state index contributed by atoms with van der Waals surface area (Å²) >= 11 is 6.31. The van der Waals surface area contributed by atoms with Gasteiger partial charge in [-0.3, -0.25) is 5.10 Å². The van der Waals surface area contributed by atoms with E-state index >= 15 is 0 Å². The minimum atomic E-state index is 0.234. The van der Waals surface area contributed by atoms with Crippen LogP contribution in [0.1, 0.15) is 50.6 Å². The minimum absolute atomic E-state index is 0.234. The zero-order valence-electron chi connectivity index (χ0n) is 12.9. The third kappa shape index (κ3) is 2.98. The fourth-order valence-corrected chi connectivity index (χ4v) is 3.53. The summed E-state index contributed by atoms with van der Waals surface area (Å²) in [6.07, 6.45) is 14.0. The lowest BCUT2D eigenvalue weighted by Gasteiger charge is -2.21. The summed E-state index contributed by atoms with van der Waals surface area (Å²) in [7, 11) is 0. The molecule has 0 unspecified atom stereocenters. The zero-order chi connectivity index (χ0) is 15.6. The largest absolute Gasteiger partial charge is 0.460 e. The van der Waals surface area contributed by atoms with E-state index in [1.54, 1.807) is 6.20 Å². The van der Waals surface area contributed by atoms with E-state index in [1.165, 1.54) is 19.3 Å². The molecule has 2 aliphatic rings. The molecule has 5 nitrogen and oxygen atoms in total. The quantitative estimate of drug-likeness (QED) is 0.907. The molecule has 2 aliphatic carbocycles. The van der Waals surface area contributed by atoms with Crippen LogP contribution in [0.2, 0.25) is 0 Å². The van der Waals surface area contributed by atoms with Crippen LogP contribution in [0, 0.1) is 0 Å². The first-order valence-electron chi connectivity index (χ1n) is 8.25. The topological polar surface area (TPSA) is 63.7 Å². The maximum absolute atomic E-state index is 6.31. The number of hydrogen-bond acceptors (Lipinski definition) is 4. The molecule has 0 saturated heterocycles. The fourth-order valence-electron chi connectivity index (χ4n) is 3.25. The van der Waals surface area contributed by atoms with Crippen LogP contribution in [-0.2, 0) is 0 Å². The zero-order valence-corrected chi connectivity index (χ0v) is 13.6. The van der Waals surface area contributed by atoms with Crippen molar-refractivity contribution in [1.82, 2.24) is 20.2 Å². The molecule has 0 radical (unpaired) electrons. The second-order valence-electron chi connectivity index (χ2n) is 6.11. The van der Waals surface area contributed by atoms with Crippen molar-refractivity contribution in [3.63, 3.8) is 0 Å². The average Bonchev–Trinajstić information content (AvgIpc) is 2.99. The molecule has 0 bridgehead atoms. The lowest BCUT2D eigenvalue weighted by atomic mass is 9.98. The summed E-state index contributed by atoms with van der Waals surface area (Å²) < 4.78 is 5.91. The maximum Gasteiger partial charge on any atom is 0.318 e. The Bertz CT molecular complexity index is 774. The third-order valence-electron chi connectivity index (χ3n) is 4.48. The van der Waals surface area contributed by atoms with Crippen LogP contribution in [-0.4, -0.2) is 26.3 Å². The normalized spacial score (nSPS) is 19.5. The Hall–Kier alpha value is -1.88. The Labute approximate surface area is 139 Å². The molecule has 23 heavy (non-hydrogen) atoms. The highest BCUT2D eigenvalue weighted by atomic mass is 35.5. The first-order valence-corrected chi connectivity index (χ1v) is 8.63. The van der Waals surface area contributed by atoms with E-state index in [0.717, 1.165) is 47.4 Å². The molecule has 1 N–H and O–H groups in total. The molecule has 1 fully saturated rings. The number of ether oxygens (including phenoxy) is 1. The van der Waals surface area contributed by atoms with Crippen molar-refractivity contribution in [2.24, 2.45) is 0 Å². The van der Waals surface area contributed by atoms with Gasteiger partial charge in [0.05, 0.1) is 11.1 Å². The number of nitrogens with one attached hydrogen (secondary N) is 1. The highest BCUT2D eigenvalue weighted by Crippen LogP contribution is 2.33. The van der Waals surface area contributed by atoms with Gasteiger partial charge >= 0.3 is 6.01 Å². The lowest BCUT2D eigenvalue weighted by molar-refractivity contribution is 0.142. The molecule has 0 aliphatic heterocycles. The number of aromatic amines is 1. The minimum Gasteiger partial charge on any atom is -0.460 e. The molecule has 4 rings (SSSR count). The summed E-state index contributed by atoms with van der Waals surface area (Å²) in [6, 6.07) is 0.418. The van der Waals surface area contributed by atoms with E-state index in [4.69, 9.17) is 16.3 Å². The van der Waals surface area contributed by atoms with E-state index < -0.39 is 0 Å². The SMILES string of the molecule is ClC1=CCCC=C1c1[nH]nc2nc(OC3CCCCC3)ncc12.